The average Bonchev–Trinajstić information content (AvgIpc) is 2.64. The molecule has 1 atom stereocenters. The molecule has 0 amide bonds. The predicted molar refractivity (Wildman–Crippen MR) is 97.9 cm³/mol. The molecule has 3 rings (SSSR count). The van der Waals surface area contributed by atoms with Gasteiger partial charge in [0.1, 0.15) is 5.75 Å². The first kappa shape index (κ1) is 16.8. The van der Waals surface area contributed by atoms with E-state index in [4.69, 9.17) is 4.74 Å². The van der Waals surface area contributed by atoms with Crippen LogP contribution in [0.25, 0.3) is 0 Å². The van der Waals surface area contributed by atoms with Gasteiger partial charge in [-0.1, -0.05) is 72.8 Å². The van der Waals surface area contributed by atoms with Gasteiger partial charge in [0.15, 0.2) is 6.10 Å². The molecule has 0 aliphatic rings. The van der Waals surface area contributed by atoms with E-state index in [2.05, 4.69) is 12.1 Å². The average molecular weight is 332 g/mol. The maximum atomic E-state index is 11.5. The first-order valence-corrected chi connectivity index (χ1v) is 8.27. The molecule has 0 saturated carbocycles. The van der Waals surface area contributed by atoms with Crippen LogP contribution in [0.5, 0.6) is 5.75 Å². The van der Waals surface area contributed by atoms with Gasteiger partial charge in [-0.05, 0) is 35.2 Å². The standard InChI is InChI=1S/C22H20O3/c23-22(24)21(16-18-9-5-2-6-10-18)25-20-13-11-19(12-14-20)15-17-7-3-1-4-8-17/h1-14,21H,15-16H2,(H,23,24)/t21-/m0/s1. The van der Waals surface area contributed by atoms with Crippen molar-refractivity contribution in [1.82, 2.24) is 0 Å². The molecule has 0 bridgehead atoms. The van der Waals surface area contributed by atoms with Crippen LogP contribution in [-0.2, 0) is 17.6 Å². The van der Waals surface area contributed by atoms with Crippen LogP contribution < -0.4 is 4.74 Å². The van der Waals surface area contributed by atoms with E-state index in [9.17, 15) is 9.90 Å². The lowest BCUT2D eigenvalue weighted by atomic mass is 10.0. The summed E-state index contributed by atoms with van der Waals surface area (Å²) >= 11 is 0. The van der Waals surface area contributed by atoms with Crippen molar-refractivity contribution in [2.75, 3.05) is 0 Å². The number of carboxylic acid groups (broad SMARTS) is 1. The van der Waals surface area contributed by atoms with Crippen LogP contribution in [0, 0.1) is 0 Å². The summed E-state index contributed by atoms with van der Waals surface area (Å²) in [5.41, 5.74) is 3.34. The van der Waals surface area contributed by atoms with Gasteiger partial charge >= 0.3 is 5.97 Å². The van der Waals surface area contributed by atoms with Gasteiger partial charge in [-0.2, -0.15) is 0 Å². The van der Waals surface area contributed by atoms with Gasteiger partial charge in [0.2, 0.25) is 0 Å². The summed E-state index contributed by atoms with van der Waals surface area (Å²) in [6, 6.07) is 27.3. The fourth-order valence-corrected chi connectivity index (χ4v) is 2.69. The van der Waals surface area contributed by atoms with Crippen molar-refractivity contribution in [2.24, 2.45) is 0 Å². The topological polar surface area (TPSA) is 46.5 Å². The highest BCUT2D eigenvalue weighted by molar-refractivity contribution is 5.73. The molecule has 0 spiro atoms. The smallest absolute Gasteiger partial charge is 0.345 e. The van der Waals surface area contributed by atoms with Crippen molar-refractivity contribution >= 4 is 5.97 Å². The SMILES string of the molecule is O=C(O)[C@H](Cc1ccccc1)Oc1ccc(Cc2ccccc2)cc1. The van der Waals surface area contributed by atoms with Crippen molar-refractivity contribution in [2.45, 2.75) is 18.9 Å². The number of aliphatic carboxylic acids is 1. The van der Waals surface area contributed by atoms with Gasteiger partial charge in [-0.3, -0.25) is 0 Å². The molecule has 0 radical (unpaired) electrons. The van der Waals surface area contributed by atoms with Crippen molar-refractivity contribution in [3.63, 3.8) is 0 Å². The first-order valence-electron chi connectivity index (χ1n) is 8.27. The van der Waals surface area contributed by atoms with Gasteiger partial charge in [0, 0.05) is 6.42 Å². The van der Waals surface area contributed by atoms with Gasteiger partial charge in [0.05, 0.1) is 0 Å². The zero-order chi connectivity index (χ0) is 17.5. The number of rotatable bonds is 7. The van der Waals surface area contributed by atoms with E-state index in [1.807, 2.05) is 72.8 Å². The molecule has 0 aromatic heterocycles. The number of carbonyl (C=O) groups is 1. The van der Waals surface area contributed by atoms with E-state index in [1.165, 1.54) is 5.56 Å². The third-order valence-corrected chi connectivity index (χ3v) is 3.99. The van der Waals surface area contributed by atoms with E-state index in [0.29, 0.717) is 12.2 Å². The predicted octanol–water partition coefficient (Wildman–Crippen LogP) is 4.35. The Morgan fingerprint density at radius 1 is 0.760 bits per heavy atom. The molecule has 3 heteroatoms. The second-order valence-electron chi connectivity index (χ2n) is 5.94. The van der Waals surface area contributed by atoms with Gasteiger partial charge in [-0.25, -0.2) is 4.79 Å². The Labute approximate surface area is 147 Å². The molecule has 1 N–H and O–H groups in total. The minimum Gasteiger partial charge on any atom is -0.478 e. The zero-order valence-corrected chi connectivity index (χ0v) is 13.8. The first-order chi connectivity index (χ1) is 12.2. The molecular weight excluding hydrogens is 312 g/mol. The highest BCUT2D eigenvalue weighted by Crippen LogP contribution is 2.18. The largest absolute Gasteiger partial charge is 0.478 e. The monoisotopic (exact) mass is 332 g/mol. The number of hydrogen-bond acceptors (Lipinski definition) is 2. The Balaban J connectivity index is 1.65. The van der Waals surface area contributed by atoms with Crippen molar-refractivity contribution in [3.8, 4) is 5.75 Å². The highest BCUT2D eigenvalue weighted by Gasteiger charge is 2.20. The zero-order valence-electron chi connectivity index (χ0n) is 13.8. The minimum absolute atomic E-state index is 0.335. The summed E-state index contributed by atoms with van der Waals surface area (Å²) in [4.78, 5) is 11.5. The minimum atomic E-state index is -0.961. The van der Waals surface area contributed by atoms with Crippen LogP contribution in [0.2, 0.25) is 0 Å². The van der Waals surface area contributed by atoms with E-state index >= 15 is 0 Å². The van der Waals surface area contributed by atoms with Crippen LogP contribution >= 0.6 is 0 Å². The molecule has 0 aliphatic heterocycles. The van der Waals surface area contributed by atoms with Crippen LogP contribution in [0.4, 0.5) is 0 Å². The Morgan fingerprint density at radius 2 is 1.28 bits per heavy atom. The lowest BCUT2D eigenvalue weighted by molar-refractivity contribution is -0.145. The summed E-state index contributed by atoms with van der Waals surface area (Å²) in [5.74, 6) is -0.391. The Morgan fingerprint density at radius 3 is 1.84 bits per heavy atom. The van der Waals surface area contributed by atoms with Crippen LogP contribution in [0.3, 0.4) is 0 Å². The molecular formula is C22H20O3. The number of benzene rings is 3. The molecule has 0 saturated heterocycles. The molecule has 3 nitrogen and oxygen atoms in total. The van der Waals surface area contributed by atoms with Crippen molar-refractivity contribution < 1.29 is 14.6 Å². The third-order valence-electron chi connectivity index (χ3n) is 3.99. The van der Waals surface area contributed by atoms with Crippen molar-refractivity contribution in [3.05, 3.63) is 102 Å². The second-order valence-corrected chi connectivity index (χ2v) is 5.94. The van der Waals surface area contributed by atoms with Gasteiger partial charge < -0.3 is 9.84 Å². The summed E-state index contributed by atoms with van der Waals surface area (Å²) in [6.45, 7) is 0. The molecule has 3 aromatic rings. The number of carboxylic acids is 1. The lowest BCUT2D eigenvalue weighted by Crippen LogP contribution is -2.29. The van der Waals surface area contributed by atoms with Crippen molar-refractivity contribution in [1.29, 1.82) is 0 Å². The molecule has 0 aliphatic carbocycles. The fraction of sp³-hybridized carbons (Fsp3) is 0.136. The summed E-state index contributed by atoms with van der Waals surface area (Å²) in [5, 5.41) is 9.42. The third kappa shape index (κ3) is 4.95. The van der Waals surface area contributed by atoms with E-state index in [1.54, 1.807) is 0 Å². The highest BCUT2D eigenvalue weighted by atomic mass is 16.5. The molecule has 3 aromatic carbocycles. The van der Waals surface area contributed by atoms with Gasteiger partial charge in [0.25, 0.3) is 0 Å². The molecule has 25 heavy (non-hydrogen) atoms. The Hall–Kier alpha value is -3.07. The van der Waals surface area contributed by atoms with Crippen LogP contribution in [-0.4, -0.2) is 17.2 Å². The number of hydrogen-bond donors (Lipinski definition) is 1. The summed E-state index contributed by atoms with van der Waals surface area (Å²) in [7, 11) is 0. The van der Waals surface area contributed by atoms with E-state index in [-0.39, 0.29) is 0 Å². The lowest BCUT2D eigenvalue weighted by Gasteiger charge is -2.15. The van der Waals surface area contributed by atoms with E-state index in [0.717, 1.165) is 17.5 Å². The Kier molecular flexibility index (Phi) is 5.47. The summed E-state index contributed by atoms with van der Waals surface area (Å²) in [6.07, 6.45) is 0.275. The molecule has 0 fully saturated rings. The second kappa shape index (κ2) is 8.15. The Bertz CT molecular complexity index is 796. The fourth-order valence-electron chi connectivity index (χ4n) is 2.69. The maximum absolute atomic E-state index is 11.5. The number of ether oxygens (including phenoxy) is 1. The summed E-state index contributed by atoms with van der Waals surface area (Å²) < 4.78 is 5.69. The normalized spacial score (nSPS) is 11.7. The van der Waals surface area contributed by atoms with Gasteiger partial charge in [-0.15, -0.1) is 0 Å². The van der Waals surface area contributed by atoms with Crippen LogP contribution in [0.15, 0.2) is 84.9 Å². The maximum Gasteiger partial charge on any atom is 0.345 e. The molecule has 0 unspecified atom stereocenters. The molecule has 126 valence electrons. The van der Waals surface area contributed by atoms with Crippen LogP contribution in [0.1, 0.15) is 16.7 Å². The molecule has 0 heterocycles. The quantitative estimate of drug-likeness (QED) is 0.699. The van der Waals surface area contributed by atoms with E-state index < -0.39 is 12.1 Å².